The summed E-state index contributed by atoms with van der Waals surface area (Å²) in [5, 5.41) is 7.10. The highest BCUT2D eigenvalue weighted by Gasteiger charge is 2.16. The molecule has 2 aromatic rings. The second kappa shape index (κ2) is 8.69. The van der Waals surface area contributed by atoms with Crippen LogP contribution in [-0.4, -0.2) is 40.0 Å². The van der Waals surface area contributed by atoms with E-state index < -0.39 is 0 Å². The number of anilines is 1. The second-order valence-corrected chi connectivity index (χ2v) is 8.23. The molecule has 2 heterocycles. The van der Waals surface area contributed by atoms with Gasteiger partial charge in [-0.1, -0.05) is 0 Å². The Kier molecular flexibility index (Phi) is 6.34. The van der Waals surface area contributed by atoms with Crippen LogP contribution in [0.3, 0.4) is 0 Å². The van der Waals surface area contributed by atoms with Gasteiger partial charge in [-0.05, 0) is 55.9 Å². The molecule has 1 saturated heterocycles. The Morgan fingerprint density at radius 1 is 1.28 bits per heavy atom. The maximum absolute atomic E-state index is 12.1. The Bertz CT molecular complexity index is 710. The van der Waals surface area contributed by atoms with Gasteiger partial charge in [0.25, 0.3) is 0 Å². The van der Waals surface area contributed by atoms with Crippen molar-refractivity contribution in [2.24, 2.45) is 0 Å². The molecule has 25 heavy (non-hydrogen) atoms. The first-order chi connectivity index (χ1) is 12.1. The van der Waals surface area contributed by atoms with E-state index in [0.717, 1.165) is 45.2 Å². The molecule has 1 amide bonds. The highest BCUT2D eigenvalue weighted by Crippen LogP contribution is 2.26. The average molecular weight is 375 g/mol. The van der Waals surface area contributed by atoms with Gasteiger partial charge in [0.1, 0.15) is 0 Å². The van der Waals surface area contributed by atoms with Crippen LogP contribution in [0.25, 0.3) is 0 Å². The molecule has 0 saturated carbocycles. The van der Waals surface area contributed by atoms with Gasteiger partial charge < -0.3 is 10.6 Å². The summed E-state index contributed by atoms with van der Waals surface area (Å²) < 4.78 is 0. The molecule has 7 heteroatoms. The number of amides is 1. The zero-order valence-electron chi connectivity index (χ0n) is 14.4. The van der Waals surface area contributed by atoms with E-state index in [1.807, 2.05) is 55.9 Å². The molecule has 0 bridgehead atoms. The lowest BCUT2D eigenvalue weighted by molar-refractivity contribution is -0.116. The fourth-order valence-electron chi connectivity index (χ4n) is 2.64. The lowest BCUT2D eigenvalue weighted by atomic mass is 10.2. The van der Waals surface area contributed by atoms with Gasteiger partial charge in [0.15, 0.2) is 5.16 Å². The number of benzene rings is 1. The predicted molar refractivity (Wildman–Crippen MR) is 104 cm³/mol. The normalized spacial score (nSPS) is 17.3. The summed E-state index contributed by atoms with van der Waals surface area (Å²) in [6, 6.07) is 10.0. The van der Waals surface area contributed by atoms with Crippen LogP contribution in [0.2, 0.25) is 0 Å². The van der Waals surface area contributed by atoms with Crippen molar-refractivity contribution in [3.63, 3.8) is 0 Å². The van der Waals surface area contributed by atoms with E-state index in [1.165, 1.54) is 11.8 Å². The van der Waals surface area contributed by atoms with E-state index in [4.69, 9.17) is 0 Å². The maximum atomic E-state index is 12.1. The van der Waals surface area contributed by atoms with Gasteiger partial charge in [0.2, 0.25) is 5.91 Å². The summed E-state index contributed by atoms with van der Waals surface area (Å²) in [6.45, 7) is 4.92. The Hall–Kier alpha value is -1.57. The third-order valence-electron chi connectivity index (χ3n) is 3.74. The number of rotatable bonds is 5. The molecule has 132 valence electrons. The Morgan fingerprint density at radius 3 is 2.64 bits per heavy atom. The fourth-order valence-corrected chi connectivity index (χ4v) is 4.45. The van der Waals surface area contributed by atoms with Gasteiger partial charge in [0, 0.05) is 52.5 Å². The lowest BCUT2D eigenvalue weighted by Crippen LogP contribution is -2.39. The molecule has 1 aliphatic heterocycles. The van der Waals surface area contributed by atoms with Crippen LogP contribution in [0.5, 0.6) is 0 Å². The molecule has 0 aliphatic carbocycles. The summed E-state index contributed by atoms with van der Waals surface area (Å²) >= 11 is 3.42. The summed E-state index contributed by atoms with van der Waals surface area (Å²) in [6.07, 6.45) is 0.514. The minimum atomic E-state index is 0.0537. The first kappa shape index (κ1) is 18.2. The van der Waals surface area contributed by atoms with Gasteiger partial charge in [-0.25, -0.2) is 9.97 Å². The molecular formula is C18H22N4OS2. The van der Waals surface area contributed by atoms with Crippen LogP contribution < -0.4 is 10.6 Å². The van der Waals surface area contributed by atoms with Crippen LogP contribution in [0.1, 0.15) is 17.8 Å². The van der Waals surface area contributed by atoms with Crippen LogP contribution in [0.4, 0.5) is 5.69 Å². The SMILES string of the molecule is Cc1cc(C)nc(Sc2ccc(NC(=O)CC3CSCCN3)cc2)n1. The number of aromatic nitrogens is 2. The number of hydrogen-bond donors (Lipinski definition) is 2. The first-order valence-corrected chi connectivity index (χ1v) is 10.3. The number of thioether (sulfide) groups is 1. The largest absolute Gasteiger partial charge is 0.326 e. The Balaban J connectivity index is 1.55. The van der Waals surface area contributed by atoms with Gasteiger partial charge in [-0.3, -0.25) is 4.79 Å². The van der Waals surface area contributed by atoms with Crippen molar-refractivity contribution < 1.29 is 4.79 Å². The van der Waals surface area contributed by atoms with Crippen molar-refractivity contribution in [2.45, 2.75) is 36.4 Å². The van der Waals surface area contributed by atoms with Gasteiger partial charge >= 0.3 is 0 Å². The van der Waals surface area contributed by atoms with Gasteiger partial charge in [-0.15, -0.1) is 0 Å². The molecule has 1 fully saturated rings. The number of carbonyl (C=O) groups is 1. The third kappa shape index (κ3) is 5.73. The highest BCUT2D eigenvalue weighted by atomic mass is 32.2. The standard InChI is InChI=1S/C18H22N4OS2/c1-12-9-13(2)21-18(20-12)25-16-5-3-14(4-6-16)22-17(23)10-15-11-24-8-7-19-15/h3-6,9,15,19H,7-8,10-11H2,1-2H3,(H,22,23). The minimum Gasteiger partial charge on any atom is -0.326 e. The van der Waals surface area contributed by atoms with Crippen molar-refractivity contribution in [1.82, 2.24) is 15.3 Å². The van der Waals surface area contributed by atoms with Crippen molar-refractivity contribution in [2.75, 3.05) is 23.4 Å². The number of nitrogens with one attached hydrogen (secondary N) is 2. The van der Waals surface area contributed by atoms with Crippen molar-refractivity contribution in [3.05, 3.63) is 41.7 Å². The Labute approximate surface area is 156 Å². The van der Waals surface area contributed by atoms with Crippen LogP contribution in [0, 0.1) is 13.8 Å². The fraction of sp³-hybridized carbons (Fsp3) is 0.389. The van der Waals surface area contributed by atoms with Crippen LogP contribution in [-0.2, 0) is 4.79 Å². The van der Waals surface area contributed by atoms with E-state index in [9.17, 15) is 4.79 Å². The molecule has 2 N–H and O–H groups in total. The highest BCUT2D eigenvalue weighted by molar-refractivity contribution is 7.99. The summed E-state index contributed by atoms with van der Waals surface area (Å²) in [7, 11) is 0. The molecule has 1 aromatic carbocycles. The summed E-state index contributed by atoms with van der Waals surface area (Å²) in [5.74, 6) is 2.18. The van der Waals surface area contributed by atoms with Crippen molar-refractivity contribution >= 4 is 35.1 Å². The molecule has 1 aromatic heterocycles. The molecular weight excluding hydrogens is 352 g/mol. The van der Waals surface area contributed by atoms with Crippen LogP contribution in [0.15, 0.2) is 40.4 Å². The number of nitrogens with zero attached hydrogens (tertiary/aromatic N) is 2. The topological polar surface area (TPSA) is 66.9 Å². The monoisotopic (exact) mass is 374 g/mol. The molecule has 1 unspecified atom stereocenters. The zero-order chi connectivity index (χ0) is 17.6. The third-order valence-corrected chi connectivity index (χ3v) is 5.74. The number of aryl methyl sites for hydroxylation is 2. The van der Waals surface area contributed by atoms with E-state index in [2.05, 4.69) is 20.6 Å². The summed E-state index contributed by atoms with van der Waals surface area (Å²) in [4.78, 5) is 22.1. The van der Waals surface area contributed by atoms with E-state index in [-0.39, 0.29) is 11.9 Å². The molecule has 1 atom stereocenters. The van der Waals surface area contributed by atoms with Gasteiger partial charge in [0.05, 0.1) is 0 Å². The molecule has 0 spiro atoms. The van der Waals surface area contributed by atoms with Gasteiger partial charge in [-0.2, -0.15) is 11.8 Å². The van der Waals surface area contributed by atoms with E-state index >= 15 is 0 Å². The lowest BCUT2D eigenvalue weighted by Gasteiger charge is -2.22. The first-order valence-electron chi connectivity index (χ1n) is 8.30. The smallest absolute Gasteiger partial charge is 0.225 e. The summed E-state index contributed by atoms with van der Waals surface area (Å²) in [5.41, 5.74) is 2.75. The van der Waals surface area contributed by atoms with E-state index in [0.29, 0.717) is 6.42 Å². The van der Waals surface area contributed by atoms with Crippen LogP contribution >= 0.6 is 23.5 Å². The molecule has 1 aliphatic rings. The van der Waals surface area contributed by atoms with Crippen molar-refractivity contribution in [1.29, 1.82) is 0 Å². The zero-order valence-corrected chi connectivity index (χ0v) is 16.0. The average Bonchev–Trinajstić information content (AvgIpc) is 2.56. The van der Waals surface area contributed by atoms with Crippen molar-refractivity contribution in [3.8, 4) is 0 Å². The molecule has 3 rings (SSSR count). The number of hydrogen-bond acceptors (Lipinski definition) is 6. The maximum Gasteiger partial charge on any atom is 0.225 e. The number of carbonyl (C=O) groups excluding carboxylic acids is 1. The molecule has 0 radical (unpaired) electrons. The predicted octanol–water partition coefficient (Wildman–Crippen LogP) is 3.28. The Morgan fingerprint density at radius 2 is 2.00 bits per heavy atom. The molecule has 5 nitrogen and oxygen atoms in total. The quantitative estimate of drug-likeness (QED) is 0.783. The second-order valence-electron chi connectivity index (χ2n) is 6.04. The van der Waals surface area contributed by atoms with E-state index in [1.54, 1.807) is 0 Å². The minimum absolute atomic E-state index is 0.0537.